The molecule has 2 aliphatic heterocycles. The number of nitrogens with one attached hydrogen (secondary N) is 1. The number of hydrogen-bond acceptors (Lipinski definition) is 3. The number of carbonyl (C=O) groups is 1. The zero-order valence-electron chi connectivity index (χ0n) is 8.62. The number of likely N-dealkylation sites (tertiary alicyclic amines) is 1. The third-order valence-electron chi connectivity index (χ3n) is 3.02. The molecular weight excluding hydrogens is 180 g/mol. The van der Waals surface area contributed by atoms with E-state index in [9.17, 15) is 9.90 Å². The molecular formula is C10H18N2O2. The average molecular weight is 198 g/mol. The molecule has 2 rings (SSSR count). The van der Waals surface area contributed by atoms with Crippen LogP contribution < -0.4 is 5.32 Å². The van der Waals surface area contributed by atoms with Crippen molar-refractivity contribution in [3.05, 3.63) is 0 Å². The molecule has 2 heterocycles. The van der Waals surface area contributed by atoms with Gasteiger partial charge in [0.1, 0.15) is 0 Å². The summed E-state index contributed by atoms with van der Waals surface area (Å²) in [4.78, 5) is 13.6. The minimum atomic E-state index is -0.641. The first-order chi connectivity index (χ1) is 6.58. The molecule has 4 nitrogen and oxygen atoms in total. The van der Waals surface area contributed by atoms with Crippen LogP contribution in [0.1, 0.15) is 19.8 Å². The third kappa shape index (κ3) is 1.91. The van der Waals surface area contributed by atoms with Crippen LogP contribution >= 0.6 is 0 Å². The molecule has 2 saturated heterocycles. The first-order valence-electron chi connectivity index (χ1n) is 5.30. The van der Waals surface area contributed by atoms with Crippen molar-refractivity contribution in [3.8, 4) is 0 Å². The second-order valence-corrected chi connectivity index (χ2v) is 4.73. The SMILES string of the molecule is CC1(O)CN(C(=O)[C@H]2CCCNC2)C1. The highest BCUT2D eigenvalue weighted by molar-refractivity contribution is 5.80. The number of piperidine rings is 1. The Morgan fingerprint density at radius 3 is 2.79 bits per heavy atom. The van der Waals surface area contributed by atoms with Crippen LogP contribution in [-0.4, -0.2) is 47.7 Å². The van der Waals surface area contributed by atoms with Gasteiger partial charge in [-0.05, 0) is 26.3 Å². The highest BCUT2D eigenvalue weighted by Crippen LogP contribution is 2.23. The molecule has 0 bridgehead atoms. The van der Waals surface area contributed by atoms with Crippen LogP contribution in [0.15, 0.2) is 0 Å². The minimum Gasteiger partial charge on any atom is -0.386 e. The van der Waals surface area contributed by atoms with E-state index >= 15 is 0 Å². The lowest BCUT2D eigenvalue weighted by Gasteiger charge is -2.45. The van der Waals surface area contributed by atoms with E-state index in [1.807, 2.05) is 0 Å². The molecule has 0 aliphatic carbocycles. The first kappa shape index (κ1) is 9.93. The number of β-amino-alcohol motifs (C(OH)–C–C–N with tert-alkyl or cyclic N) is 1. The fraction of sp³-hybridized carbons (Fsp3) is 0.900. The highest BCUT2D eigenvalue weighted by Gasteiger charge is 2.41. The summed E-state index contributed by atoms with van der Waals surface area (Å²) in [6.07, 6.45) is 2.07. The molecule has 0 spiro atoms. The summed E-state index contributed by atoms with van der Waals surface area (Å²) < 4.78 is 0. The summed E-state index contributed by atoms with van der Waals surface area (Å²) >= 11 is 0. The third-order valence-corrected chi connectivity index (χ3v) is 3.02. The predicted molar refractivity (Wildman–Crippen MR) is 52.8 cm³/mol. The number of aliphatic hydroxyl groups is 1. The molecule has 2 fully saturated rings. The van der Waals surface area contributed by atoms with Crippen LogP contribution in [0.3, 0.4) is 0 Å². The lowest BCUT2D eigenvalue weighted by atomic mass is 9.91. The second-order valence-electron chi connectivity index (χ2n) is 4.73. The maximum atomic E-state index is 11.8. The molecule has 0 unspecified atom stereocenters. The van der Waals surface area contributed by atoms with Crippen molar-refractivity contribution in [1.29, 1.82) is 0 Å². The Morgan fingerprint density at radius 2 is 2.29 bits per heavy atom. The molecule has 0 aromatic rings. The quantitative estimate of drug-likeness (QED) is 0.601. The fourth-order valence-corrected chi connectivity index (χ4v) is 2.25. The van der Waals surface area contributed by atoms with Gasteiger partial charge in [0.15, 0.2) is 0 Å². The molecule has 4 heteroatoms. The van der Waals surface area contributed by atoms with Crippen LogP contribution in [0.4, 0.5) is 0 Å². The summed E-state index contributed by atoms with van der Waals surface area (Å²) in [5.41, 5.74) is -0.641. The lowest BCUT2D eigenvalue weighted by molar-refractivity contribution is -0.157. The predicted octanol–water partition coefficient (Wildman–Crippen LogP) is -0.421. The van der Waals surface area contributed by atoms with Gasteiger partial charge >= 0.3 is 0 Å². The van der Waals surface area contributed by atoms with Crippen molar-refractivity contribution in [2.45, 2.75) is 25.4 Å². The first-order valence-corrected chi connectivity index (χ1v) is 5.30. The van der Waals surface area contributed by atoms with Crippen molar-refractivity contribution in [2.75, 3.05) is 26.2 Å². The average Bonchev–Trinajstić information content (AvgIpc) is 2.14. The maximum absolute atomic E-state index is 11.8. The van der Waals surface area contributed by atoms with Crippen LogP contribution in [0.5, 0.6) is 0 Å². The molecule has 80 valence electrons. The summed E-state index contributed by atoms with van der Waals surface area (Å²) in [7, 11) is 0. The van der Waals surface area contributed by atoms with E-state index in [0.29, 0.717) is 13.1 Å². The van der Waals surface area contributed by atoms with Crippen molar-refractivity contribution in [3.63, 3.8) is 0 Å². The monoisotopic (exact) mass is 198 g/mol. The summed E-state index contributed by atoms with van der Waals surface area (Å²) in [6.45, 7) is 4.61. The Balaban J connectivity index is 1.84. The molecule has 1 atom stereocenters. The van der Waals surface area contributed by atoms with E-state index in [0.717, 1.165) is 25.9 Å². The molecule has 2 N–H and O–H groups in total. The fourth-order valence-electron chi connectivity index (χ4n) is 2.25. The van der Waals surface area contributed by atoms with E-state index in [2.05, 4.69) is 5.32 Å². The van der Waals surface area contributed by atoms with Gasteiger partial charge < -0.3 is 15.3 Å². The second kappa shape index (κ2) is 3.51. The van der Waals surface area contributed by atoms with Crippen molar-refractivity contribution in [2.24, 2.45) is 5.92 Å². The van der Waals surface area contributed by atoms with Gasteiger partial charge in [-0.2, -0.15) is 0 Å². The number of hydrogen-bond donors (Lipinski definition) is 2. The Hall–Kier alpha value is -0.610. The Bertz CT molecular complexity index is 226. The smallest absolute Gasteiger partial charge is 0.227 e. The van der Waals surface area contributed by atoms with E-state index in [4.69, 9.17) is 0 Å². The maximum Gasteiger partial charge on any atom is 0.227 e. The van der Waals surface area contributed by atoms with Crippen LogP contribution in [0.25, 0.3) is 0 Å². The van der Waals surface area contributed by atoms with E-state index in [1.54, 1.807) is 11.8 Å². The Kier molecular flexibility index (Phi) is 2.49. The topological polar surface area (TPSA) is 52.6 Å². The van der Waals surface area contributed by atoms with Gasteiger partial charge in [-0.15, -0.1) is 0 Å². The molecule has 0 aromatic heterocycles. The number of carbonyl (C=O) groups excluding carboxylic acids is 1. The Labute approximate surface area is 84.3 Å². The van der Waals surface area contributed by atoms with Gasteiger partial charge in [0.25, 0.3) is 0 Å². The van der Waals surface area contributed by atoms with Crippen molar-refractivity contribution in [1.82, 2.24) is 10.2 Å². The number of nitrogens with zero attached hydrogens (tertiary/aromatic N) is 1. The summed E-state index contributed by atoms with van der Waals surface area (Å²) in [6, 6.07) is 0. The van der Waals surface area contributed by atoms with Crippen molar-refractivity contribution >= 4 is 5.91 Å². The molecule has 0 radical (unpaired) electrons. The van der Waals surface area contributed by atoms with Crippen LogP contribution in [-0.2, 0) is 4.79 Å². The summed E-state index contributed by atoms with van der Waals surface area (Å²) in [5, 5.41) is 12.8. The van der Waals surface area contributed by atoms with Gasteiger partial charge in [-0.3, -0.25) is 4.79 Å². The van der Waals surface area contributed by atoms with E-state index in [-0.39, 0.29) is 11.8 Å². The minimum absolute atomic E-state index is 0.139. The van der Waals surface area contributed by atoms with Crippen molar-refractivity contribution < 1.29 is 9.90 Å². The standard InChI is InChI=1S/C10H18N2O2/c1-10(14)6-12(7-10)9(13)8-3-2-4-11-5-8/h8,11,14H,2-7H2,1H3/t8-/m0/s1. The van der Waals surface area contributed by atoms with Gasteiger partial charge in [0.05, 0.1) is 24.6 Å². The van der Waals surface area contributed by atoms with Gasteiger partial charge in [0, 0.05) is 6.54 Å². The van der Waals surface area contributed by atoms with E-state index < -0.39 is 5.60 Å². The highest BCUT2D eigenvalue weighted by atomic mass is 16.3. The van der Waals surface area contributed by atoms with Crippen LogP contribution in [0, 0.1) is 5.92 Å². The lowest BCUT2D eigenvalue weighted by Crippen LogP contribution is -2.63. The van der Waals surface area contributed by atoms with E-state index in [1.165, 1.54) is 0 Å². The number of rotatable bonds is 1. The zero-order valence-corrected chi connectivity index (χ0v) is 8.62. The molecule has 2 aliphatic rings. The summed E-state index contributed by atoms with van der Waals surface area (Å²) in [5.74, 6) is 0.351. The molecule has 1 amide bonds. The molecule has 0 saturated carbocycles. The van der Waals surface area contributed by atoms with Gasteiger partial charge in [0.2, 0.25) is 5.91 Å². The van der Waals surface area contributed by atoms with Gasteiger partial charge in [-0.25, -0.2) is 0 Å². The normalized spacial score (nSPS) is 31.0. The number of amides is 1. The molecule has 0 aromatic carbocycles. The van der Waals surface area contributed by atoms with Gasteiger partial charge in [-0.1, -0.05) is 0 Å². The zero-order chi connectivity index (χ0) is 10.2. The Morgan fingerprint density at radius 1 is 1.57 bits per heavy atom. The molecule has 14 heavy (non-hydrogen) atoms. The largest absolute Gasteiger partial charge is 0.386 e. The van der Waals surface area contributed by atoms with Crippen LogP contribution in [0.2, 0.25) is 0 Å².